The van der Waals surface area contributed by atoms with Crippen molar-refractivity contribution in [3.8, 4) is 0 Å². The fraction of sp³-hybridized carbons (Fsp3) is 0.500. The average molecular weight is 290 g/mol. The van der Waals surface area contributed by atoms with Crippen LogP contribution in [0, 0.1) is 0 Å². The van der Waals surface area contributed by atoms with Gasteiger partial charge >= 0.3 is 5.97 Å². The topological polar surface area (TPSA) is 69.6 Å². The molecule has 1 aliphatic carbocycles. The van der Waals surface area contributed by atoms with E-state index >= 15 is 0 Å². The predicted molar refractivity (Wildman–Crippen MR) is 81.5 cm³/mol. The van der Waals surface area contributed by atoms with Gasteiger partial charge in [0.15, 0.2) is 0 Å². The molecular weight excluding hydrogens is 268 g/mol. The number of carboxylic acids is 1. The molecule has 0 unspecified atom stereocenters. The summed E-state index contributed by atoms with van der Waals surface area (Å²) in [6, 6.07) is 8.02. The van der Waals surface area contributed by atoms with Crippen molar-refractivity contribution in [3.63, 3.8) is 0 Å². The maximum Gasteiger partial charge on any atom is 0.329 e. The van der Waals surface area contributed by atoms with Crippen molar-refractivity contribution in [2.45, 2.75) is 37.6 Å². The number of carbonyl (C=O) groups excluding carboxylic acids is 1. The molecule has 5 heteroatoms. The Morgan fingerprint density at radius 1 is 1.24 bits per heavy atom. The van der Waals surface area contributed by atoms with E-state index < -0.39 is 11.5 Å². The maximum absolute atomic E-state index is 11.9. The third-order valence-corrected chi connectivity index (χ3v) is 4.09. The van der Waals surface area contributed by atoms with Crippen molar-refractivity contribution in [2.24, 2.45) is 0 Å². The number of hydrogen-bond acceptors (Lipinski definition) is 3. The lowest BCUT2D eigenvalue weighted by molar-refractivity contribution is -0.151. The Bertz CT molecular complexity index is 519. The first-order chi connectivity index (χ1) is 9.93. The number of amides is 1. The fourth-order valence-electron chi connectivity index (χ4n) is 2.47. The maximum atomic E-state index is 11.9. The zero-order chi connectivity index (χ0) is 15.5. The highest BCUT2D eigenvalue weighted by atomic mass is 16.4. The van der Waals surface area contributed by atoms with Gasteiger partial charge in [-0.3, -0.25) is 4.79 Å². The van der Waals surface area contributed by atoms with Crippen LogP contribution in [0.5, 0.6) is 0 Å². The van der Waals surface area contributed by atoms with Crippen LogP contribution in [0.1, 0.15) is 31.2 Å². The largest absolute Gasteiger partial charge is 0.480 e. The molecule has 0 aromatic heterocycles. The van der Waals surface area contributed by atoms with Crippen LogP contribution in [0.15, 0.2) is 24.3 Å². The first-order valence-electron chi connectivity index (χ1n) is 7.24. The van der Waals surface area contributed by atoms with Crippen LogP contribution in [-0.4, -0.2) is 36.6 Å². The minimum Gasteiger partial charge on any atom is -0.480 e. The van der Waals surface area contributed by atoms with Crippen LogP contribution in [0.4, 0.5) is 5.69 Å². The van der Waals surface area contributed by atoms with Crippen LogP contribution in [0.2, 0.25) is 0 Å². The summed E-state index contributed by atoms with van der Waals surface area (Å²) in [5.41, 5.74) is 1.18. The van der Waals surface area contributed by atoms with Crippen LogP contribution < -0.4 is 10.2 Å². The van der Waals surface area contributed by atoms with Gasteiger partial charge in [0.1, 0.15) is 5.54 Å². The summed E-state index contributed by atoms with van der Waals surface area (Å²) in [6.45, 7) is 0. The van der Waals surface area contributed by atoms with Crippen molar-refractivity contribution in [2.75, 3.05) is 19.0 Å². The number of rotatable bonds is 6. The Hall–Kier alpha value is -2.04. The Morgan fingerprint density at radius 3 is 2.29 bits per heavy atom. The Kier molecular flexibility index (Phi) is 4.50. The summed E-state index contributed by atoms with van der Waals surface area (Å²) in [5.74, 6) is -1.11. The molecule has 2 rings (SSSR count). The Labute approximate surface area is 125 Å². The molecule has 2 N–H and O–H groups in total. The summed E-state index contributed by atoms with van der Waals surface area (Å²) in [4.78, 5) is 25.1. The van der Waals surface area contributed by atoms with Crippen molar-refractivity contribution in [1.82, 2.24) is 5.32 Å². The second kappa shape index (κ2) is 6.16. The number of benzene rings is 1. The Morgan fingerprint density at radius 2 is 1.86 bits per heavy atom. The molecule has 1 amide bonds. The number of nitrogens with zero attached hydrogens (tertiary/aromatic N) is 1. The summed E-state index contributed by atoms with van der Waals surface area (Å²) >= 11 is 0. The molecule has 1 aromatic rings. The van der Waals surface area contributed by atoms with Crippen molar-refractivity contribution in [3.05, 3.63) is 29.8 Å². The molecule has 1 saturated carbocycles. The van der Waals surface area contributed by atoms with E-state index in [4.69, 9.17) is 0 Å². The molecule has 0 aliphatic heterocycles. The molecule has 0 atom stereocenters. The molecular formula is C16H22N2O3. The van der Waals surface area contributed by atoms with E-state index in [2.05, 4.69) is 5.32 Å². The van der Waals surface area contributed by atoms with E-state index in [0.717, 1.165) is 17.7 Å². The van der Waals surface area contributed by atoms with E-state index in [1.54, 1.807) is 0 Å². The van der Waals surface area contributed by atoms with Gasteiger partial charge in [0.2, 0.25) is 5.91 Å². The van der Waals surface area contributed by atoms with Crippen molar-refractivity contribution >= 4 is 17.6 Å². The van der Waals surface area contributed by atoms with Crippen LogP contribution in [0.3, 0.4) is 0 Å². The lowest BCUT2D eigenvalue weighted by Crippen LogP contribution is -2.59. The van der Waals surface area contributed by atoms with Gasteiger partial charge in [-0.05, 0) is 43.4 Å². The number of nitrogens with one attached hydrogen (secondary N) is 1. The summed E-state index contributed by atoms with van der Waals surface area (Å²) in [7, 11) is 3.96. The summed E-state index contributed by atoms with van der Waals surface area (Å²) < 4.78 is 0. The van der Waals surface area contributed by atoms with Gasteiger partial charge < -0.3 is 15.3 Å². The number of aryl methyl sites for hydroxylation is 1. The molecule has 5 nitrogen and oxygen atoms in total. The third kappa shape index (κ3) is 3.54. The second-order valence-corrected chi connectivity index (χ2v) is 5.85. The Balaban J connectivity index is 1.85. The quantitative estimate of drug-likeness (QED) is 0.838. The summed E-state index contributed by atoms with van der Waals surface area (Å²) in [6.07, 6.45) is 2.86. The van der Waals surface area contributed by atoms with Crippen molar-refractivity contribution < 1.29 is 14.7 Å². The smallest absolute Gasteiger partial charge is 0.329 e. The average Bonchev–Trinajstić information content (AvgIpc) is 2.40. The third-order valence-electron chi connectivity index (χ3n) is 4.09. The summed E-state index contributed by atoms with van der Waals surface area (Å²) in [5, 5.41) is 11.9. The minimum absolute atomic E-state index is 0.186. The van der Waals surface area contributed by atoms with Gasteiger partial charge in [0, 0.05) is 26.2 Å². The van der Waals surface area contributed by atoms with Crippen LogP contribution in [-0.2, 0) is 16.0 Å². The molecule has 21 heavy (non-hydrogen) atoms. The zero-order valence-corrected chi connectivity index (χ0v) is 12.6. The highest BCUT2D eigenvalue weighted by molar-refractivity contribution is 5.87. The number of anilines is 1. The monoisotopic (exact) mass is 290 g/mol. The number of carbonyl (C=O) groups is 2. The molecule has 0 saturated heterocycles. The highest BCUT2D eigenvalue weighted by Gasteiger charge is 2.45. The SMILES string of the molecule is CN(C)c1ccc(CCC(=O)NC2(C(=O)O)CCC2)cc1. The molecule has 0 bridgehead atoms. The standard InChI is InChI=1S/C16H22N2O3/c1-18(2)13-7-4-12(5-8-13)6-9-14(19)17-16(15(20)21)10-3-11-16/h4-5,7-8H,3,6,9-11H2,1-2H3,(H,17,19)(H,20,21). The van der Waals surface area contributed by atoms with Crippen molar-refractivity contribution in [1.29, 1.82) is 0 Å². The number of aliphatic carboxylic acids is 1. The van der Waals surface area contributed by atoms with E-state index in [1.165, 1.54) is 0 Å². The van der Waals surface area contributed by atoms with E-state index in [1.807, 2.05) is 43.3 Å². The minimum atomic E-state index is -1.01. The number of hydrogen-bond donors (Lipinski definition) is 2. The van der Waals surface area contributed by atoms with Gasteiger partial charge in [0.05, 0.1) is 0 Å². The fourth-order valence-corrected chi connectivity index (χ4v) is 2.47. The molecule has 0 radical (unpaired) electrons. The molecule has 1 fully saturated rings. The molecule has 0 spiro atoms. The van der Waals surface area contributed by atoms with Gasteiger partial charge in [-0.1, -0.05) is 12.1 Å². The molecule has 1 aromatic carbocycles. The second-order valence-electron chi connectivity index (χ2n) is 5.85. The first-order valence-corrected chi connectivity index (χ1v) is 7.24. The van der Waals surface area contributed by atoms with E-state index in [9.17, 15) is 14.7 Å². The highest BCUT2D eigenvalue weighted by Crippen LogP contribution is 2.32. The zero-order valence-electron chi connectivity index (χ0n) is 12.6. The predicted octanol–water partition coefficient (Wildman–Crippen LogP) is 1.81. The van der Waals surface area contributed by atoms with Crippen LogP contribution >= 0.6 is 0 Å². The van der Waals surface area contributed by atoms with Crippen LogP contribution in [0.25, 0.3) is 0 Å². The normalized spacial score (nSPS) is 15.9. The van der Waals surface area contributed by atoms with Gasteiger partial charge in [-0.15, -0.1) is 0 Å². The lowest BCUT2D eigenvalue weighted by Gasteiger charge is -2.38. The van der Waals surface area contributed by atoms with E-state index in [-0.39, 0.29) is 5.91 Å². The number of carboxylic acid groups (broad SMARTS) is 1. The first kappa shape index (κ1) is 15.4. The van der Waals surface area contributed by atoms with Gasteiger partial charge in [-0.25, -0.2) is 4.79 Å². The lowest BCUT2D eigenvalue weighted by atomic mass is 9.76. The molecule has 1 aliphatic rings. The van der Waals surface area contributed by atoms with Gasteiger partial charge in [-0.2, -0.15) is 0 Å². The van der Waals surface area contributed by atoms with Gasteiger partial charge in [0.25, 0.3) is 0 Å². The molecule has 0 heterocycles. The van der Waals surface area contributed by atoms with E-state index in [0.29, 0.717) is 25.7 Å². The molecule has 114 valence electrons.